The van der Waals surface area contributed by atoms with Crippen molar-refractivity contribution in [3.63, 3.8) is 0 Å². The minimum Gasteiger partial charge on any atom is -0.329 e. The average Bonchev–Trinajstić information content (AvgIpc) is 2.80. The van der Waals surface area contributed by atoms with Crippen LogP contribution in [0.15, 0.2) is 27.2 Å². The summed E-state index contributed by atoms with van der Waals surface area (Å²) in [4.78, 5) is 3.23. The fourth-order valence-electron chi connectivity index (χ4n) is 1.37. The van der Waals surface area contributed by atoms with Crippen LogP contribution in [-0.4, -0.2) is 10.1 Å². The maximum Gasteiger partial charge on any atom is 0.471 e. The van der Waals surface area contributed by atoms with Crippen LogP contribution in [0.1, 0.15) is 23.3 Å². The zero-order chi connectivity index (χ0) is 14.2. The molecule has 1 aromatic carbocycles. The number of aromatic nitrogens is 2. The molecule has 0 bridgehead atoms. The van der Waals surface area contributed by atoms with Gasteiger partial charge in [-0.2, -0.15) is 18.2 Å². The molecule has 0 aliphatic rings. The number of benzene rings is 1. The van der Waals surface area contributed by atoms with Crippen molar-refractivity contribution in [3.8, 4) is 0 Å². The molecule has 4 nitrogen and oxygen atoms in total. The van der Waals surface area contributed by atoms with E-state index in [1.54, 1.807) is 18.2 Å². The molecule has 2 N–H and O–H groups in total. The molecule has 2 aromatic rings. The van der Waals surface area contributed by atoms with E-state index in [0.717, 1.165) is 0 Å². The summed E-state index contributed by atoms with van der Waals surface area (Å²) in [7, 11) is 0. The van der Waals surface area contributed by atoms with E-state index in [4.69, 9.17) is 17.3 Å². The SMILES string of the molecule is NC(c1noc(C(F)(F)F)n1)c1cc(Br)ccc1Cl. The van der Waals surface area contributed by atoms with E-state index in [2.05, 4.69) is 30.6 Å². The van der Waals surface area contributed by atoms with Gasteiger partial charge in [-0.05, 0) is 23.8 Å². The fraction of sp³-hybridized carbons (Fsp3) is 0.200. The Bertz CT molecular complexity index is 602. The third-order valence-electron chi connectivity index (χ3n) is 2.26. The first kappa shape index (κ1) is 14.3. The van der Waals surface area contributed by atoms with E-state index in [1.165, 1.54) is 0 Å². The lowest BCUT2D eigenvalue weighted by Crippen LogP contribution is -2.15. The minimum atomic E-state index is -4.70. The zero-order valence-electron chi connectivity index (χ0n) is 9.08. The van der Waals surface area contributed by atoms with E-state index in [-0.39, 0.29) is 5.82 Å². The Morgan fingerprint density at radius 1 is 1.37 bits per heavy atom. The van der Waals surface area contributed by atoms with Gasteiger partial charge in [0.15, 0.2) is 5.82 Å². The lowest BCUT2D eigenvalue weighted by atomic mass is 10.1. The van der Waals surface area contributed by atoms with Crippen molar-refractivity contribution >= 4 is 27.5 Å². The van der Waals surface area contributed by atoms with Crippen LogP contribution in [-0.2, 0) is 6.18 Å². The standard InChI is InChI=1S/C10H6BrClF3N3O/c11-4-1-2-6(12)5(3-4)7(16)8-17-9(19-18-8)10(13,14)15/h1-3,7H,16H2. The van der Waals surface area contributed by atoms with E-state index >= 15 is 0 Å². The summed E-state index contributed by atoms with van der Waals surface area (Å²) in [6, 6.07) is 3.81. The molecule has 1 atom stereocenters. The fourth-order valence-corrected chi connectivity index (χ4v) is 1.98. The Morgan fingerprint density at radius 2 is 2.05 bits per heavy atom. The lowest BCUT2D eigenvalue weighted by Gasteiger charge is -2.10. The average molecular weight is 357 g/mol. The third-order valence-corrected chi connectivity index (χ3v) is 3.09. The number of alkyl halides is 3. The number of nitrogens with zero attached hydrogens (tertiary/aromatic N) is 2. The molecule has 0 spiro atoms. The molecular formula is C10H6BrClF3N3O. The molecule has 0 saturated carbocycles. The first-order chi connectivity index (χ1) is 8.79. The quantitative estimate of drug-likeness (QED) is 0.894. The number of nitrogens with two attached hydrogens (primary N) is 1. The van der Waals surface area contributed by atoms with Crippen molar-refractivity contribution in [2.75, 3.05) is 0 Å². The van der Waals surface area contributed by atoms with Gasteiger partial charge in [-0.15, -0.1) is 0 Å². The highest BCUT2D eigenvalue weighted by Gasteiger charge is 2.39. The highest BCUT2D eigenvalue weighted by Crippen LogP contribution is 2.31. The molecule has 102 valence electrons. The Kier molecular flexibility index (Phi) is 3.84. The van der Waals surface area contributed by atoms with Crippen LogP contribution in [0.3, 0.4) is 0 Å². The van der Waals surface area contributed by atoms with Crippen LogP contribution in [0.25, 0.3) is 0 Å². The van der Waals surface area contributed by atoms with Crippen LogP contribution in [0.4, 0.5) is 13.2 Å². The maximum absolute atomic E-state index is 12.3. The molecule has 1 unspecified atom stereocenters. The third kappa shape index (κ3) is 3.07. The summed E-state index contributed by atoms with van der Waals surface area (Å²) in [5, 5.41) is 3.52. The van der Waals surface area contributed by atoms with Crippen molar-refractivity contribution in [2.45, 2.75) is 12.2 Å². The maximum atomic E-state index is 12.3. The van der Waals surface area contributed by atoms with Crippen molar-refractivity contribution in [1.82, 2.24) is 10.1 Å². The molecule has 0 aliphatic heterocycles. The highest BCUT2D eigenvalue weighted by molar-refractivity contribution is 9.10. The summed E-state index contributed by atoms with van der Waals surface area (Å²) in [5.41, 5.74) is 6.18. The molecule has 0 aliphatic carbocycles. The first-order valence-electron chi connectivity index (χ1n) is 4.90. The molecule has 0 fully saturated rings. The van der Waals surface area contributed by atoms with E-state index in [9.17, 15) is 13.2 Å². The summed E-state index contributed by atoms with van der Waals surface area (Å²) < 4.78 is 41.8. The van der Waals surface area contributed by atoms with Gasteiger partial charge in [-0.1, -0.05) is 32.7 Å². The predicted molar refractivity (Wildman–Crippen MR) is 64.5 cm³/mol. The van der Waals surface area contributed by atoms with Gasteiger partial charge in [0.2, 0.25) is 0 Å². The second kappa shape index (κ2) is 5.10. The van der Waals surface area contributed by atoms with Crippen LogP contribution in [0.5, 0.6) is 0 Å². The van der Waals surface area contributed by atoms with Crippen molar-refractivity contribution < 1.29 is 17.7 Å². The molecule has 0 saturated heterocycles. The Balaban J connectivity index is 2.36. The molecule has 9 heteroatoms. The van der Waals surface area contributed by atoms with Crippen LogP contribution < -0.4 is 5.73 Å². The zero-order valence-corrected chi connectivity index (χ0v) is 11.4. The second-order valence-electron chi connectivity index (χ2n) is 3.60. The molecule has 2 rings (SSSR count). The van der Waals surface area contributed by atoms with Gasteiger partial charge in [0, 0.05) is 9.50 Å². The van der Waals surface area contributed by atoms with Gasteiger partial charge >= 0.3 is 12.1 Å². The molecule has 1 heterocycles. The second-order valence-corrected chi connectivity index (χ2v) is 4.92. The van der Waals surface area contributed by atoms with Gasteiger partial charge in [0.05, 0.1) is 6.04 Å². The summed E-state index contributed by atoms with van der Waals surface area (Å²) in [6.07, 6.45) is -4.70. The van der Waals surface area contributed by atoms with Crippen LogP contribution in [0, 0.1) is 0 Å². The minimum absolute atomic E-state index is 0.285. The van der Waals surface area contributed by atoms with Gasteiger partial charge in [-0.3, -0.25) is 0 Å². The molecule has 0 radical (unpaired) electrons. The molecule has 19 heavy (non-hydrogen) atoms. The first-order valence-corrected chi connectivity index (χ1v) is 6.07. The lowest BCUT2D eigenvalue weighted by molar-refractivity contribution is -0.159. The van der Waals surface area contributed by atoms with Gasteiger partial charge in [0.1, 0.15) is 0 Å². The molecular weight excluding hydrogens is 350 g/mol. The number of hydrogen-bond donors (Lipinski definition) is 1. The Labute approximate surface area is 118 Å². The van der Waals surface area contributed by atoms with Crippen molar-refractivity contribution in [1.29, 1.82) is 0 Å². The summed E-state index contributed by atoms with van der Waals surface area (Å²) in [6.45, 7) is 0. The van der Waals surface area contributed by atoms with Crippen LogP contribution in [0.2, 0.25) is 5.02 Å². The molecule has 0 amide bonds. The predicted octanol–water partition coefficient (Wildman–Crippen LogP) is 3.55. The number of halogens is 5. The largest absolute Gasteiger partial charge is 0.471 e. The number of rotatable bonds is 2. The Morgan fingerprint density at radius 3 is 2.63 bits per heavy atom. The monoisotopic (exact) mass is 355 g/mol. The van der Waals surface area contributed by atoms with Crippen LogP contribution >= 0.6 is 27.5 Å². The summed E-state index contributed by atoms with van der Waals surface area (Å²) >= 11 is 9.14. The van der Waals surface area contributed by atoms with Gasteiger partial charge in [0.25, 0.3) is 0 Å². The molecule has 1 aromatic heterocycles. The smallest absolute Gasteiger partial charge is 0.329 e. The Hall–Kier alpha value is -1.12. The van der Waals surface area contributed by atoms with Crippen molar-refractivity contribution in [3.05, 3.63) is 45.0 Å². The summed E-state index contributed by atoms with van der Waals surface area (Å²) in [5.74, 6) is -1.73. The topological polar surface area (TPSA) is 64.9 Å². The number of hydrogen-bond acceptors (Lipinski definition) is 4. The van der Waals surface area contributed by atoms with E-state index < -0.39 is 18.1 Å². The van der Waals surface area contributed by atoms with Gasteiger partial charge in [-0.25, -0.2) is 0 Å². The highest BCUT2D eigenvalue weighted by atomic mass is 79.9. The normalized spacial score (nSPS) is 13.6. The van der Waals surface area contributed by atoms with Gasteiger partial charge < -0.3 is 10.3 Å². The van der Waals surface area contributed by atoms with Crippen molar-refractivity contribution in [2.24, 2.45) is 5.73 Å². The van der Waals surface area contributed by atoms with E-state index in [1.807, 2.05) is 0 Å². The van der Waals surface area contributed by atoms with E-state index in [0.29, 0.717) is 15.1 Å².